The van der Waals surface area contributed by atoms with E-state index in [0.717, 1.165) is 5.56 Å². The van der Waals surface area contributed by atoms with Gasteiger partial charge in [0.25, 0.3) is 0 Å². The first kappa shape index (κ1) is 14.8. The van der Waals surface area contributed by atoms with Crippen molar-refractivity contribution >= 4 is 6.09 Å². The first-order valence-corrected chi connectivity index (χ1v) is 6.55. The first-order chi connectivity index (χ1) is 9.72. The molecule has 0 bridgehead atoms. The maximum absolute atomic E-state index is 12.0. The molecule has 6 heteroatoms. The number of morpholine rings is 1. The van der Waals surface area contributed by atoms with E-state index in [1.54, 1.807) is 0 Å². The molecule has 1 aromatic rings. The van der Waals surface area contributed by atoms with Crippen LogP contribution in [0.5, 0.6) is 0 Å². The zero-order valence-corrected chi connectivity index (χ0v) is 11.1. The quantitative estimate of drug-likeness (QED) is 0.834. The topological polar surface area (TPSA) is 79.2 Å². The highest BCUT2D eigenvalue weighted by Crippen LogP contribution is 2.13. The molecule has 1 aliphatic heterocycles. The molecule has 1 fully saturated rings. The molecule has 0 aromatic heterocycles. The lowest BCUT2D eigenvalue weighted by molar-refractivity contribution is -0.112. The van der Waals surface area contributed by atoms with Crippen molar-refractivity contribution < 1.29 is 24.5 Å². The predicted molar refractivity (Wildman–Crippen MR) is 71.0 cm³/mol. The van der Waals surface area contributed by atoms with Gasteiger partial charge in [-0.2, -0.15) is 0 Å². The van der Waals surface area contributed by atoms with Crippen LogP contribution in [0.1, 0.15) is 5.56 Å². The molecule has 2 atom stereocenters. The number of aliphatic hydroxyl groups is 2. The van der Waals surface area contributed by atoms with Crippen LogP contribution >= 0.6 is 0 Å². The zero-order chi connectivity index (χ0) is 14.4. The molecule has 2 N–H and O–H groups in total. The second-order valence-corrected chi connectivity index (χ2v) is 4.69. The fourth-order valence-electron chi connectivity index (χ4n) is 2.09. The molecule has 1 aromatic carbocycles. The van der Waals surface area contributed by atoms with E-state index in [1.165, 1.54) is 4.90 Å². The molecule has 1 heterocycles. The number of hydrogen-bond donors (Lipinski definition) is 2. The highest BCUT2D eigenvalue weighted by molar-refractivity contribution is 5.67. The highest BCUT2D eigenvalue weighted by atomic mass is 16.6. The second kappa shape index (κ2) is 7.23. The van der Waals surface area contributed by atoms with Gasteiger partial charge in [0.05, 0.1) is 38.5 Å². The normalized spacial score (nSPS) is 22.6. The number of nitrogens with zero attached hydrogens (tertiary/aromatic N) is 1. The van der Waals surface area contributed by atoms with Crippen LogP contribution in [0.3, 0.4) is 0 Å². The maximum Gasteiger partial charge on any atom is 0.410 e. The van der Waals surface area contributed by atoms with Crippen molar-refractivity contribution in [3.8, 4) is 0 Å². The van der Waals surface area contributed by atoms with E-state index in [-0.39, 0.29) is 32.9 Å². The van der Waals surface area contributed by atoms with E-state index in [4.69, 9.17) is 19.7 Å². The largest absolute Gasteiger partial charge is 0.445 e. The van der Waals surface area contributed by atoms with E-state index in [0.29, 0.717) is 0 Å². The Morgan fingerprint density at radius 3 is 2.35 bits per heavy atom. The molecular formula is C14H19NO5. The summed E-state index contributed by atoms with van der Waals surface area (Å²) in [5.74, 6) is 0. The lowest BCUT2D eigenvalue weighted by Gasteiger charge is -2.36. The lowest BCUT2D eigenvalue weighted by Crippen LogP contribution is -2.52. The highest BCUT2D eigenvalue weighted by Gasteiger charge is 2.30. The molecule has 0 unspecified atom stereocenters. The van der Waals surface area contributed by atoms with E-state index < -0.39 is 18.3 Å². The summed E-state index contributed by atoms with van der Waals surface area (Å²) >= 11 is 0. The van der Waals surface area contributed by atoms with Gasteiger partial charge in [0.2, 0.25) is 0 Å². The number of rotatable bonds is 4. The number of benzene rings is 1. The van der Waals surface area contributed by atoms with Crippen LogP contribution in [-0.2, 0) is 16.1 Å². The molecule has 6 nitrogen and oxygen atoms in total. The van der Waals surface area contributed by atoms with Crippen LogP contribution in [0.2, 0.25) is 0 Å². The van der Waals surface area contributed by atoms with Crippen LogP contribution in [0.4, 0.5) is 4.79 Å². The summed E-state index contributed by atoms with van der Waals surface area (Å²) in [6, 6.07) is 9.40. The van der Waals surface area contributed by atoms with Gasteiger partial charge in [-0.1, -0.05) is 30.3 Å². The molecule has 0 aliphatic carbocycles. The standard InChI is InChI=1S/C14H19NO5/c16-8-12-6-15(7-13(9-17)20-12)14(18)19-10-11-4-2-1-3-5-11/h1-5,12-13,16-17H,6-10H2/t12-,13-/m0/s1. The number of carbonyl (C=O) groups excluding carboxylic acids is 1. The third kappa shape index (κ3) is 3.93. The maximum atomic E-state index is 12.0. The molecule has 1 saturated heterocycles. The Hall–Kier alpha value is -1.63. The minimum atomic E-state index is -0.481. The fraction of sp³-hybridized carbons (Fsp3) is 0.500. The Kier molecular flexibility index (Phi) is 5.34. The average Bonchev–Trinajstić information content (AvgIpc) is 2.52. The SMILES string of the molecule is O=C(OCc1ccccc1)N1C[C@@H](CO)O[C@H](CO)C1. The van der Waals surface area contributed by atoms with E-state index in [2.05, 4.69) is 0 Å². The zero-order valence-electron chi connectivity index (χ0n) is 11.1. The van der Waals surface area contributed by atoms with Gasteiger partial charge < -0.3 is 24.6 Å². The summed E-state index contributed by atoms with van der Waals surface area (Å²) in [4.78, 5) is 13.4. The van der Waals surface area contributed by atoms with E-state index >= 15 is 0 Å². The summed E-state index contributed by atoms with van der Waals surface area (Å²) < 4.78 is 10.6. The number of aliphatic hydroxyl groups excluding tert-OH is 2. The smallest absolute Gasteiger partial charge is 0.410 e. The van der Waals surface area contributed by atoms with Crippen molar-refractivity contribution in [2.75, 3.05) is 26.3 Å². The van der Waals surface area contributed by atoms with Gasteiger partial charge in [0.15, 0.2) is 0 Å². The summed E-state index contributed by atoms with van der Waals surface area (Å²) in [6.45, 7) is 0.337. The van der Waals surface area contributed by atoms with Crippen molar-refractivity contribution in [2.24, 2.45) is 0 Å². The monoisotopic (exact) mass is 281 g/mol. The third-order valence-corrected chi connectivity index (χ3v) is 3.10. The molecule has 20 heavy (non-hydrogen) atoms. The van der Waals surface area contributed by atoms with E-state index in [1.807, 2.05) is 30.3 Å². The van der Waals surface area contributed by atoms with Crippen LogP contribution in [0.15, 0.2) is 30.3 Å². The molecule has 110 valence electrons. The Morgan fingerprint density at radius 2 is 1.80 bits per heavy atom. The third-order valence-electron chi connectivity index (χ3n) is 3.10. The van der Waals surface area contributed by atoms with Crippen molar-refractivity contribution in [3.63, 3.8) is 0 Å². The van der Waals surface area contributed by atoms with Gasteiger partial charge in [-0.25, -0.2) is 4.79 Å². The predicted octanol–water partition coefficient (Wildman–Crippen LogP) is 0.377. The van der Waals surface area contributed by atoms with E-state index in [9.17, 15) is 4.79 Å². The van der Waals surface area contributed by atoms with Crippen molar-refractivity contribution in [1.29, 1.82) is 0 Å². The minimum absolute atomic E-state index is 0.195. The summed E-state index contributed by atoms with van der Waals surface area (Å²) in [6.07, 6.45) is -1.43. The summed E-state index contributed by atoms with van der Waals surface area (Å²) in [5, 5.41) is 18.3. The van der Waals surface area contributed by atoms with Gasteiger partial charge in [-0.15, -0.1) is 0 Å². The molecule has 1 amide bonds. The first-order valence-electron chi connectivity index (χ1n) is 6.55. The van der Waals surface area contributed by atoms with Crippen molar-refractivity contribution in [3.05, 3.63) is 35.9 Å². The van der Waals surface area contributed by atoms with Crippen molar-refractivity contribution in [2.45, 2.75) is 18.8 Å². The van der Waals surface area contributed by atoms with Gasteiger partial charge in [-0.3, -0.25) is 0 Å². The lowest BCUT2D eigenvalue weighted by atomic mass is 10.2. The number of amides is 1. The number of hydrogen-bond acceptors (Lipinski definition) is 5. The minimum Gasteiger partial charge on any atom is -0.445 e. The molecule has 0 spiro atoms. The molecule has 2 rings (SSSR count). The summed E-state index contributed by atoms with van der Waals surface area (Å²) in [5.41, 5.74) is 0.909. The van der Waals surface area contributed by atoms with Crippen LogP contribution in [0, 0.1) is 0 Å². The van der Waals surface area contributed by atoms with Gasteiger partial charge in [-0.05, 0) is 5.56 Å². The Balaban J connectivity index is 1.87. The molecular weight excluding hydrogens is 262 g/mol. The molecule has 0 radical (unpaired) electrons. The van der Waals surface area contributed by atoms with Gasteiger partial charge >= 0.3 is 6.09 Å². The second-order valence-electron chi connectivity index (χ2n) is 4.69. The number of carbonyl (C=O) groups is 1. The Bertz CT molecular complexity index is 413. The van der Waals surface area contributed by atoms with Gasteiger partial charge in [0.1, 0.15) is 6.61 Å². The van der Waals surface area contributed by atoms with Gasteiger partial charge in [0, 0.05) is 0 Å². The Morgan fingerprint density at radius 1 is 1.20 bits per heavy atom. The summed E-state index contributed by atoms with van der Waals surface area (Å²) in [7, 11) is 0. The average molecular weight is 281 g/mol. The van der Waals surface area contributed by atoms with Crippen LogP contribution < -0.4 is 0 Å². The fourth-order valence-corrected chi connectivity index (χ4v) is 2.09. The molecule has 1 aliphatic rings. The Labute approximate surface area is 117 Å². The van der Waals surface area contributed by atoms with Crippen LogP contribution in [-0.4, -0.2) is 59.7 Å². The van der Waals surface area contributed by atoms with Crippen LogP contribution in [0.25, 0.3) is 0 Å². The van der Waals surface area contributed by atoms with Crippen molar-refractivity contribution in [1.82, 2.24) is 4.90 Å². The molecule has 0 saturated carbocycles. The number of ether oxygens (including phenoxy) is 2.